The zero-order chi connectivity index (χ0) is 27.2. The number of hydrogen-bond donors (Lipinski definition) is 0. The van der Waals surface area contributed by atoms with Crippen molar-refractivity contribution in [2.45, 2.75) is 78.8 Å². The maximum absolute atomic E-state index is 13.7. The van der Waals surface area contributed by atoms with Crippen molar-refractivity contribution in [2.75, 3.05) is 39.0 Å². The topological polar surface area (TPSA) is 43.9 Å². The van der Waals surface area contributed by atoms with Crippen molar-refractivity contribution < 1.29 is 9.59 Å². The fourth-order valence-corrected chi connectivity index (χ4v) is 6.66. The van der Waals surface area contributed by atoms with Crippen LogP contribution in [0.25, 0.3) is 0 Å². The highest BCUT2D eigenvalue weighted by molar-refractivity contribution is 8.01. The highest BCUT2D eigenvalue weighted by Gasteiger charge is 2.37. The highest BCUT2D eigenvalue weighted by atomic mass is 35.5. The quantitative estimate of drug-likeness (QED) is 0.366. The first-order valence-electron chi connectivity index (χ1n) is 13.8. The van der Waals surface area contributed by atoms with E-state index in [0.717, 1.165) is 63.4 Å². The molecule has 2 aliphatic rings. The molecule has 2 saturated heterocycles. The van der Waals surface area contributed by atoms with Crippen LogP contribution in [0.15, 0.2) is 35.2 Å². The van der Waals surface area contributed by atoms with Gasteiger partial charge in [-0.1, -0.05) is 51.4 Å². The normalized spacial score (nSPS) is 21.3. The monoisotopic (exact) mass is 547 g/mol. The summed E-state index contributed by atoms with van der Waals surface area (Å²) in [6.45, 7) is 14.7. The van der Waals surface area contributed by atoms with Crippen LogP contribution in [-0.4, -0.2) is 71.5 Å². The summed E-state index contributed by atoms with van der Waals surface area (Å²) >= 11 is 7.99. The number of halogens is 1. The molecule has 5 nitrogen and oxygen atoms in total. The number of benzene rings is 1. The first kappa shape index (κ1) is 30.0. The Labute approximate surface area is 234 Å². The zero-order valence-electron chi connectivity index (χ0n) is 23.6. The van der Waals surface area contributed by atoms with E-state index in [1.54, 1.807) is 18.7 Å². The molecule has 1 aromatic carbocycles. The second-order valence-corrected chi connectivity index (χ2v) is 13.0. The molecule has 0 N–H and O–H groups in total. The molecule has 2 fully saturated rings. The maximum atomic E-state index is 13.7. The second-order valence-electron chi connectivity index (χ2n) is 11.9. The van der Waals surface area contributed by atoms with Gasteiger partial charge < -0.3 is 9.80 Å². The van der Waals surface area contributed by atoms with Crippen LogP contribution in [0.1, 0.15) is 78.3 Å². The second kappa shape index (κ2) is 13.5. The lowest BCUT2D eigenvalue weighted by Gasteiger charge is -2.47. The molecular formula is C30H46ClN3O2S. The molecule has 0 aromatic heterocycles. The summed E-state index contributed by atoms with van der Waals surface area (Å²) < 4.78 is 0. The van der Waals surface area contributed by atoms with E-state index in [2.05, 4.69) is 61.3 Å². The van der Waals surface area contributed by atoms with Crippen LogP contribution in [0.3, 0.4) is 0 Å². The summed E-state index contributed by atoms with van der Waals surface area (Å²) in [5.41, 5.74) is 2.79. The summed E-state index contributed by atoms with van der Waals surface area (Å²) in [5.74, 6) is 0.798. The first-order chi connectivity index (χ1) is 17.5. The highest BCUT2D eigenvalue weighted by Crippen LogP contribution is 2.36. The van der Waals surface area contributed by atoms with E-state index in [1.807, 2.05) is 17.0 Å². The molecule has 2 unspecified atom stereocenters. The predicted octanol–water partition coefficient (Wildman–Crippen LogP) is 6.64. The van der Waals surface area contributed by atoms with Crippen LogP contribution in [0, 0.1) is 11.3 Å². The molecule has 0 bridgehead atoms. The van der Waals surface area contributed by atoms with Gasteiger partial charge in [0.15, 0.2) is 0 Å². The number of nitrogens with zero attached hydrogens (tertiary/aromatic N) is 3. The fourth-order valence-electron chi connectivity index (χ4n) is 5.94. The van der Waals surface area contributed by atoms with Gasteiger partial charge in [-0.2, -0.15) is 0 Å². The third kappa shape index (κ3) is 8.49. The molecule has 0 radical (unpaired) electrons. The van der Waals surface area contributed by atoms with E-state index in [1.165, 1.54) is 11.1 Å². The Morgan fingerprint density at radius 2 is 1.76 bits per heavy atom. The maximum Gasteiger partial charge on any atom is 0.223 e. The van der Waals surface area contributed by atoms with Gasteiger partial charge in [-0.05, 0) is 71.9 Å². The molecular weight excluding hydrogens is 502 g/mol. The molecule has 2 atom stereocenters. The molecule has 2 heterocycles. The standard InChI is InChI=1S/C30H46ClN3O2S/c1-7-24(21-37-6)29(25-8-10-26(31)11-9-25)33-16-17-34(27(20-33)19-30(3,4)5)28(36)18-23-12-14-32(15-13-23)22(2)35/h8-11,21,23,27,29H,7,12-20H2,1-6H3/b24-21+. The average Bonchev–Trinajstić information content (AvgIpc) is 2.84. The van der Waals surface area contributed by atoms with Gasteiger partial charge >= 0.3 is 0 Å². The van der Waals surface area contributed by atoms with Gasteiger partial charge in [0.05, 0.1) is 6.04 Å². The minimum absolute atomic E-state index is 0.123. The van der Waals surface area contributed by atoms with Crippen LogP contribution in [0.2, 0.25) is 5.02 Å². The number of piperidine rings is 1. The molecule has 37 heavy (non-hydrogen) atoms. The van der Waals surface area contributed by atoms with Gasteiger partial charge in [0, 0.05) is 57.1 Å². The van der Waals surface area contributed by atoms with E-state index < -0.39 is 0 Å². The van der Waals surface area contributed by atoms with Crippen molar-refractivity contribution in [2.24, 2.45) is 11.3 Å². The molecule has 3 rings (SSSR count). The predicted molar refractivity (Wildman–Crippen MR) is 157 cm³/mol. The van der Waals surface area contributed by atoms with Gasteiger partial charge in [-0.15, -0.1) is 11.8 Å². The number of piperazine rings is 1. The minimum Gasteiger partial charge on any atom is -0.343 e. The lowest BCUT2D eigenvalue weighted by molar-refractivity contribution is -0.139. The van der Waals surface area contributed by atoms with Gasteiger partial charge in [-0.3, -0.25) is 14.5 Å². The Balaban J connectivity index is 1.79. The van der Waals surface area contributed by atoms with Gasteiger partial charge in [0.2, 0.25) is 11.8 Å². The van der Waals surface area contributed by atoms with Crippen molar-refractivity contribution in [1.29, 1.82) is 0 Å². The van der Waals surface area contributed by atoms with Crippen molar-refractivity contribution in [3.05, 3.63) is 45.8 Å². The largest absolute Gasteiger partial charge is 0.343 e. The Morgan fingerprint density at radius 1 is 1.11 bits per heavy atom. The molecule has 2 aliphatic heterocycles. The smallest absolute Gasteiger partial charge is 0.223 e. The van der Waals surface area contributed by atoms with E-state index in [4.69, 9.17) is 11.6 Å². The van der Waals surface area contributed by atoms with Crippen molar-refractivity contribution >= 4 is 35.2 Å². The number of thioether (sulfide) groups is 1. The Morgan fingerprint density at radius 3 is 2.30 bits per heavy atom. The SMILES string of the molecule is CC/C(=C\SC)C(c1ccc(Cl)cc1)N1CCN(C(=O)CC2CCN(C(C)=O)CC2)C(CC(C)(C)C)C1. The van der Waals surface area contributed by atoms with Crippen LogP contribution >= 0.6 is 23.4 Å². The van der Waals surface area contributed by atoms with Gasteiger partial charge in [0.1, 0.15) is 0 Å². The molecule has 0 spiro atoms. The Hall–Kier alpha value is -1.50. The van der Waals surface area contributed by atoms with Gasteiger partial charge in [0.25, 0.3) is 0 Å². The molecule has 206 valence electrons. The van der Waals surface area contributed by atoms with Crippen molar-refractivity contribution in [1.82, 2.24) is 14.7 Å². The summed E-state index contributed by atoms with van der Waals surface area (Å²) in [6, 6.07) is 8.65. The molecule has 7 heteroatoms. The van der Waals surface area contributed by atoms with E-state index >= 15 is 0 Å². The summed E-state index contributed by atoms with van der Waals surface area (Å²) in [6.07, 6.45) is 6.52. The number of carbonyl (C=O) groups excluding carboxylic acids is 2. The number of likely N-dealkylation sites (tertiary alicyclic amines) is 1. The number of hydrogen-bond acceptors (Lipinski definition) is 4. The third-order valence-corrected chi connectivity index (χ3v) is 8.58. The van der Waals surface area contributed by atoms with Crippen molar-refractivity contribution in [3.63, 3.8) is 0 Å². The number of rotatable bonds is 8. The Kier molecular flexibility index (Phi) is 11.0. The molecule has 1 aromatic rings. The van der Waals surface area contributed by atoms with Crippen molar-refractivity contribution in [3.8, 4) is 0 Å². The summed E-state index contributed by atoms with van der Waals surface area (Å²) in [4.78, 5) is 32.0. The van der Waals surface area contributed by atoms with E-state index in [9.17, 15) is 9.59 Å². The molecule has 0 saturated carbocycles. The summed E-state index contributed by atoms with van der Waals surface area (Å²) in [5, 5.41) is 3.05. The first-order valence-corrected chi connectivity index (χ1v) is 15.4. The fraction of sp³-hybridized carbons (Fsp3) is 0.667. The lowest BCUT2D eigenvalue weighted by atomic mass is 9.85. The molecule has 0 aliphatic carbocycles. The third-order valence-electron chi connectivity index (χ3n) is 7.79. The zero-order valence-corrected chi connectivity index (χ0v) is 25.2. The average molecular weight is 548 g/mol. The van der Waals surface area contributed by atoms with Crippen LogP contribution in [0.5, 0.6) is 0 Å². The van der Waals surface area contributed by atoms with Gasteiger partial charge in [-0.25, -0.2) is 0 Å². The minimum atomic E-state index is 0.123. The number of amides is 2. The van der Waals surface area contributed by atoms with E-state index in [-0.39, 0.29) is 29.3 Å². The van der Waals surface area contributed by atoms with E-state index in [0.29, 0.717) is 12.3 Å². The summed E-state index contributed by atoms with van der Waals surface area (Å²) in [7, 11) is 0. The van der Waals surface area contributed by atoms with Crippen LogP contribution < -0.4 is 0 Å². The molecule has 2 amide bonds. The Bertz CT molecular complexity index is 935. The van der Waals surface area contributed by atoms with Crippen LogP contribution in [0.4, 0.5) is 0 Å². The number of carbonyl (C=O) groups is 2. The van der Waals surface area contributed by atoms with Crippen LogP contribution in [-0.2, 0) is 9.59 Å². The lowest BCUT2D eigenvalue weighted by Crippen LogP contribution is -2.57.